The average Bonchev–Trinajstić information content (AvgIpc) is 2.39. The minimum Gasteiger partial charge on any atom is -0.493 e. The van der Waals surface area contributed by atoms with Crippen molar-refractivity contribution in [1.82, 2.24) is 0 Å². The van der Waals surface area contributed by atoms with Crippen molar-refractivity contribution in [3.63, 3.8) is 0 Å². The molecular formula is C14H22N2O3. The molecule has 1 aliphatic carbocycles. The Labute approximate surface area is 114 Å². The van der Waals surface area contributed by atoms with Crippen molar-refractivity contribution >= 4 is 11.4 Å². The highest BCUT2D eigenvalue weighted by molar-refractivity contribution is 5.72. The molecule has 5 nitrogen and oxygen atoms in total. The van der Waals surface area contributed by atoms with E-state index < -0.39 is 0 Å². The first-order valence-electron chi connectivity index (χ1n) is 6.44. The number of nitrogens with one attached hydrogen (secondary N) is 1. The van der Waals surface area contributed by atoms with Crippen LogP contribution in [0.4, 0.5) is 11.4 Å². The monoisotopic (exact) mass is 266 g/mol. The fraction of sp³-hybridized carbons (Fsp3) is 0.571. The van der Waals surface area contributed by atoms with E-state index in [1.807, 2.05) is 6.07 Å². The molecule has 1 aromatic rings. The molecule has 0 bridgehead atoms. The SMILES string of the molecule is COc1cc(N)c(NCC2(OC)CCC2)cc1OC. The quantitative estimate of drug-likeness (QED) is 0.773. The number of anilines is 2. The van der Waals surface area contributed by atoms with Gasteiger partial charge in [-0.3, -0.25) is 0 Å². The normalized spacial score (nSPS) is 16.6. The first-order chi connectivity index (χ1) is 9.14. The summed E-state index contributed by atoms with van der Waals surface area (Å²) in [7, 11) is 4.97. The van der Waals surface area contributed by atoms with E-state index in [0.29, 0.717) is 17.2 Å². The van der Waals surface area contributed by atoms with E-state index >= 15 is 0 Å². The van der Waals surface area contributed by atoms with Crippen LogP contribution >= 0.6 is 0 Å². The van der Waals surface area contributed by atoms with E-state index in [-0.39, 0.29) is 5.60 Å². The zero-order chi connectivity index (χ0) is 13.9. The zero-order valence-electron chi connectivity index (χ0n) is 11.8. The van der Waals surface area contributed by atoms with Crippen LogP contribution in [0.2, 0.25) is 0 Å². The maximum atomic E-state index is 6.01. The molecule has 0 spiro atoms. The fourth-order valence-corrected chi connectivity index (χ4v) is 2.33. The molecule has 1 aliphatic rings. The maximum Gasteiger partial charge on any atom is 0.162 e. The Balaban J connectivity index is 2.11. The number of nitrogens with two attached hydrogens (primary N) is 1. The van der Waals surface area contributed by atoms with Crippen LogP contribution in [0.15, 0.2) is 12.1 Å². The highest BCUT2D eigenvalue weighted by Crippen LogP contribution is 2.38. The van der Waals surface area contributed by atoms with E-state index in [1.165, 1.54) is 6.42 Å². The standard InChI is InChI=1S/C14H22N2O3/c1-17-12-7-10(15)11(8-13(12)18-2)16-9-14(19-3)5-4-6-14/h7-8,16H,4-6,9,15H2,1-3H3. The number of rotatable bonds is 6. The summed E-state index contributed by atoms with van der Waals surface area (Å²) in [5.74, 6) is 1.30. The van der Waals surface area contributed by atoms with Gasteiger partial charge in [0.25, 0.3) is 0 Å². The molecular weight excluding hydrogens is 244 g/mol. The largest absolute Gasteiger partial charge is 0.493 e. The van der Waals surface area contributed by atoms with E-state index in [1.54, 1.807) is 27.4 Å². The number of nitrogen functional groups attached to an aromatic ring is 1. The highest BCUT2D eigenvalue weighted by Gasteiger charge is 2.36. The molecule has 0 aliphatic heterocycles. The molecule has 0 aromatic heterocycles. The minimum atomic E-state index is -0.0421. The lowest BCUT2D eigenvalue weighted by molar-refractivity contribution is -0.0601. The zero-order valence-corrected chi connectivity index (χ0v) is 11.8. The van der Waals surface area contributed by atoms with Crippen LogP contribution in [0.3, 0.4) is 0 Å². The molecule has 0 saturated heterocycles. The summed E-state index contributed by atoms with van der Waals surface area (Å²) in [5, 5.41) is 3.35. The minimum absolute atomic E-state index is 0.0421. The van der Waals surface area contributed by atoms with Crippen molar-refractivity contribution in [2.75, 3.05) is 38.9 Å². The number of hydrogen-bond donors (Lipinski definition) is 2. The fourth-order valence-electron chi connectivity index (χ4n) is 2.33. The van der Waals surface area contributed by atoms with Crippen LogP contribution in [-0.2, 0) is 4.74 Å². The van der Waals surface area contributed by atoms with Gasteiger partial charge in [0.05, 0.1) is 31.2 Å². The molecule has 106 valence electrons. The Morgan fingerprint density at radius 1 is 1.16 bits per heavy atom. The van der Waals surface area contributed by atoms with Crippen LogP contribution in [0, 0.1) is 0 Å². The van der Waals surface area contributed by atoms with E-state index in [4.69, 9.17) is 19.9 Å². The van der Waals surface area contributed by atoms with Gasteiger partial charge in [0.1, 0.15) is 0 Å². The molecule has 0 radical (unpaired) electrons. The number of benzene rings is 1. The molecule has 0 atom stereocenters. The Bertz CT molecular complexity index is 439. The third-order valence-electron chi connectivity index (χ3n) is 3.85. The molecule has 0 unspecified atom stereocenters. The smallest absolute Gasteiger partial charge is 0.162 e. The number of hydrogen-bond acceptors (Lipinski definition) is 5. The topological polar surface area (TPSA) is 65.7 Å². The van der Waals surface area contributed by atoms with E-state index in [9.17, 15) is 0 Å². The van der Waals surface area contributed by atoms with E-state index in [0.717, 1.165) is 25.1 Å². The second-order valence-corrected chi connectivity index (χ2v) is 4.89. The van der Waals surface area contributed by atoms with Gasteiger partial charge >= 0.3 is 0 Å². The molecule has 0 heterocycles. The summed E-state index contributed by atoms with van der Waals surface area (Å²) in [4.78, 5) is 0. The Hall–Kier alpha value is -1.62. The second-order valence-electron chi connectivity index (χ2n) is 4.89. The van der Waals surface area contributed by atoms with Gasteiger partial charge in [-0.2, -0.15) is 0 Å². The van der Waals surface area contributed by atoms with Crippen LogP contribution in [-0.4, -0.2) is 33.5 Å². The maximum absolute atomic E-state index is 6.01. The summed E-state index contributed by atoms with van der Waals surface area (Å²) in [5.41, 5.74) is 7.46. The molecule has 0 amide bonds. The van der Waals surface area contributed by atoms with Crippen LogP contribution < -0.4 is 20.5 Å². The van der Waals surface area contributed by atoms with Crippen molar-refractivity contribution in [2.24, 2.45) is 0 Å². The lowest BCUT2D eigenvalue weighted by Crippen LogP contribution is -2.45. The van der Waals surface area contributed by atoms with E-state index in [2.05, 4.69) is 5.32 Å². The predicted molar refractivity (Wildman–Crippen MR) is 76.0 cm³/mol. The van der Waals surface area contributed by atoms with Gasteiger partial charge in [-0.1, -0.05) is 0 Å². The Morgan fingerprint density at radius 2 is 1.79 bits per heavy atom. The number of ether oxygens (including phenoxy) is 3. The van der Waals surface area contributed by atoms with Gasteiger partial charge in [0, 0.05) is 25.8 Å². The van der Waals surface area contributed by atoms with Crippen molar-refractivity contribution < 1.29 is 14.2 Å². The summed E-state index contributed by atoms with van der Waals surface area (Å²) >= 11 is 0. The summed E-state index contributed by atoms with van der Waals surface area (Å²) in [6.07, 6.45) is 3.39. The summed E-state index contributed by atoms with van der Waals surface area (Å²) in [6, 6.07) is 3.62. The Morgan fingerprint density at radius 3 is 2.26 bits per heavy atom. The highest BCUT2D eigenvalue weighted by atomic mass is 16.5. The van der Waals surface area contributed by atoms with Gasteiger partial charge in [-0.05, 0) is 19.3 Å². The van der Waals surface area contributed by atoms with Crippen molar-refractivity contribution in [3.8, 4) is 11.5 Å². The molecule has 1 aromatic carbocycles. The van der Waals surface area contributed by atoms with Gasteiger partial charge in [0.2, 0.25) is 0 Å². The molecule has 5 heteroatoms. The van der Waals surface area contributed by atoms with Gasteiger partial charge in [-0.15, -0.1) is 0 Å². The van der Waals surface area contributed by atoms with Gasteiger partial charge in [-0.25, -0.2) is 0 Å². The Kier molecular flexibility index (Phi) is 4.04. The average molecular weight is 266 g/mol. The van der Waals surface area contributed by atoms with Crippen molar-refractivity contribution in [3.05, 3.63) is 12.1 Å². The lowest BCUT2D eigenvalue weighted by Gasteiger charge is -2.40. The third-order valence-corrected chi connectivity index (χ3v) is 3.85. The second kappa shape index (κ2) is 5.57. The third kappa shape index (κ3) is 2.71. The molecule has 3 N–H and O–H groups in total. The first kappa shape index (κ1) is 13.8. The molecule has 1 fully saturated rings. The van der Waals surface area contributed by atoms with Crippen LogP contribution in [0.5, 0.6) is 11.5 Å². The first-order valence-corrected chi connectivity index (χ1v) is 6.44. The number of methoxy groups -OCH3 is 3. The summed E-state index contributed by atoms with van der Waals surface area (Å²) in [6.45, 7) is 0.753. The van der Waals surface area contributed by atoms with Gasteiger partial charge < -0.3 is 25.3 Å². The van der Waals surface area contributed by atoms with Crippen molar-refractivity contribution in [1.29, 1.82) is 0 Å². The predicted octanol–water partition coefficient (Wildman–Crippen LogP) is 2.27. The van der Waals surface area contributed by atoms with Crippen LogP contribution in [0.1, 0.15) is 19.3 Å². The van der Waals surface area contributed by atoms with Gasteiger partial charge in [0.15, 0.2) is 11.5 Å². The van der Waals surface area contributed by atoms with Crippen LogP contribution in [0.25, 0.3) is 0 Å². The molecule has 19 heavy (non-hydrogen) atoms. The molecule has 2 rings (SSSR count). The summed E-state index contributed by atoms with van der Waals surface area (Å²) < 4.78 is 16.1. The van der Waals surface area contributed by atoms with Crippen molar-refractivity contribution in [2.45, 2.75) is 24.9 Å². The molecule has 1 saturated carbocycles. The lowest BCUT2D eigenvalue weighted by atomic mass is 9.80.